The summed E-state index contributed by atoms with van der Waals surface area (Å²) in [5.41, 5.74) is 0.721. The molecule has 2 saturated heterocycles. The number of piperidine rings is 2. The average molecular weight is 371 g/mol. The quantitative estimate of drug-likeness (QED) is 0.861. The van der Waals surface area contributed by atoms with Crippen molar-refractivity contribution in [3.8, 4) is 5.75 Å². The van der Waals surface area contributed by atoms with Crippen LogP contribution in [0, 0.1) is 5.41 Å². The van der Waals surface area contributed by atoms with E-state index in [1.165, 1.54) is 0 Å². The van der Waals surface area contributed by atoms with Crippen molar-refractivity contribution < 1.29 is 14.3 Å². The fourth-order valence-corrected chi connectivity index (χ4v) is 4.94. The molecule has 2 amide bonds. The van der Waals surface area contributed by atoms with Crippen LogP contribution in [-0.2, 0) is 16.1 Å². The summed E-state index contributed by atoms with van der Waals surface area (Å²) in [5, 5.41) is 3.03. The van der Waals surface area contributed by atoms with Crippen LogP contribution in [0.4, 0.5) is 0 Å². The Kier molecular flexibility index (Phi) is 5.08. The normalized spacial score (nSPS) is 28.9. The van der Waals surface area contributed by atoms with Gasteiger partial charge in [0.2, 0.25) is 11.8 Å². The number of hydrogen-bond donors (Lipinski definition) is 1. The molecule has 0 saturated carbocycles. The SMILES string of the molecule is C[C@H]1N(C(=O)CN2CCOc3ccccc3C2)CCC[C@@]12CCCNC2=O. The minimum absolute atomic E-state index is 0.0467. The molecule has 6 nitrogen and oxygen atoms in total. The summed E-state index contributed by atoms with van der Waals surface area (Å²) in [4.78, 5) is 29.9. The highest BCUT2D eigenvalue weighted by molar-refractivity contribution is 5.86. The molecule has 0 bridgehead atoms. The predicted octanol–water partition coefficient (Wildman–Crippen LogP) is 1.79. The summed E-state index contributed by atoms with van der Waals surface area (Å²) >= 11 is 0. The Labute approximate surface area is 160 Å². The summed E-state index contributed by atoms with van der Waals surface area (Å²) in [5.74, 6) is 1.17. The molecule has 0 unspecified atom stereocenters. The first-order chi connectivity index (χ1) is 13.1. The third-order valence-electron chi connectivity index (χ3n) is 6.54. The van der Waals surface area contributed by atoms with Crippen LogP contribution in [0.3, 0.4) is 0 Å². The number of hydrogen-bond acceptors (Lipinski definition) is 4. The molecule has 2 fully saturated rings. The van der Waals surface area contributed by atoms with E-state index in [1.807, 2.05) is 23.1 Å². The predicted molar refractivity (Wildman–Crippen MR) is 102 cm³/mol. The van der Waals surface area contributed by atoms with Crippen LogP contribution in [0.2, 0.25) is 0 Å². The Morgan fingerprint density at radius 2 is 2.07 bits per heavy atom. The number of likely N-dealkylation sites (tertiary alicyclic amines) is 1. The van der Waals surface area contributed by atoms with Gasteiger partial charge in [-0.1, -0.05) is 18.2 Å². The second-order valence-corrected chi connectivity index (χ2v) is 8.05. The van der Waals surface area contributed by atoms with Crippen molar-refractivity contribution in [2.75, 3.05) is 32.8 Å². The van der Waals surface area contributed by atoms with E-state index < -0.39 is 5.41 Å². The lowest BCUT2D eigenvalue weighted by Crippen LogP contribution is -2.61. The van der Waals surface area contributed by atoms with Crippen molar-refractivity contribution in [3.63, 3.8) is 0 Å². The van der Waals surface area contributed by atoms with Gasteiger partial charge in [-0.2, -0.15) is 0 Å². The minimum Gasteiger partial charge on any atom is -0.492 e. The van der Waals surface area contributed by atoms with Gasteiger partial charge in [0.05, 0.1) is 12.0 Å². The van der Waals surface area contributed by atoms with Gasteiger partial charge in [-0.25, -0.2) is 0 Å². The van der Waals surface area contributed by atoms with E-state index in [1.54, 1.807) is 0 Å². The number of fused-ring (bicyclic) bond motifs is 1. The maximum atomic E-state index is 13.1. The number of rotatable bonds is 2. The van der Waals surface area contributed by atoms with Crippen LogP contribution in [-0.4, -0.2) is 60.4 Å². The van der Waals surface area contributed by atoms with Crippen molar-refractivity contribution in [2.45, 2.75) is 45.2 Å². The van der Waals surface area contributed by atoms with Gasteiger partial charge in [0.15, 0.2) is 0 Å². The Morgan fingerprint density at radius 3 is 2.93 bits per heavy atom. The van der Waals surface area contributed by atoms with Crippen LogP contribution in [0.15, 0.2) is 24.3 Å². The molecule has 4 rings (SSSR count). The van der Waals surface area contributed by atoms with Crippen molar-refractivity contribution in [2.24, 2.45) is 5.41 Å². The lowest BCUT2D eigenvalue weighted by Gasteiger charge is -2.49. The Bertz CT molecular complexity index is 718. The number of carbonyl (C=O) groups excluding carboxylic acids is 2. The summed E-state index contributed by atoms with van der Waals surface area (Å²) in [6.45, 7) is 5.98. The summed E-state index contributed by atoms with van der Waals surface area (Å²) < 4.78 is 5.81. The van der Waals surface area contributed by atoms with Crippen LogP contribution >= 0.6 is 0 Å². The fourth-order valence-electron chi connectivity index (χ4n) is 4.94. The van der Waals surface area contributed by atoms with Crippen molar-refractivity contribution >= 4 is 11.8 Å². The number of benzene rings is 1. The zero-order chi connectivity index (χ0) is 18.9. The molecule has 6 heteroatoms. The number of nitrogens with one attached hydrogen (secondary N) is 1. The summed E-state index contributed by atoms with van der Waals surface area (Å²) in [6, 6.07) is 7.98. The standard InChI is InChI=1S/C21H29N3O3/c1-16-21(8-4-10-22-20(21)26)9-5-11-24(16)19(25)15-23-12-13-27-18-7-3-2-6-17(18)14-23/h2-3,6-7,16H,4-5,8-15H2,1H3,(H,22,26)/t16-,21+/m1/s1. The van der Waals surface area contributed by atoms with Gasteiger partial charge in [-0.15, -0.1) is 0 Å². The maximum absolute atomic E-state index is 13.1. The first kappa shape index (κ1) is 18.3. The third kappa shape index (κ3) is 3.43. The molecule has 3 aliphatic heterocycles. The molecule has 1 aromatic rings. The Morgan fingerprint density at radius 1 is 1.26 bits per heavy atom. The number of carbonyl (C=O) groups is 2. The van der Waals surface area contributed by atoms with E-state index in [-0.39, 0.29) is 17.9 Å². The number of ether oxygens (including phenoxy) is 1. The molecular weight excluding hydrogens is 342 g/mol. The lowest BCUT2D eigenvalue weighted by molar-refractivity contribution is -0.150. The molecule has 3 heterocycles. The number of amides is 2. The topological polar surface area (TPSA) is 61.9 Å². The fraction of sp³-hybridized carbons (Fsp3) is 0.619. The third-order valence-corrected chi connectivity index (χ3v) is 6.54. The number of nitrogens with zero attached hydrogens (tertiary/aromatic N) is 2. The molecule has 0 aromatic heterocycles. The molecule has 1 aromatic carbocycles. The smallest absolute Gasteiger partial charge is 0.237 e. The molecular formula is C21H29N3O3. The van der Waals surface area contributed by atoms with Gasteiger partial charge >= 0.3 is 0 Å². The second-order valence-electron chi connectivity index (χ2n) is 8.05. The zero-order valence-corrected chi connectivity index (χ0v) is 16.1. The van der Waals surface area contributed by atoms with Gasteiger partial charge in [-0.3, -0.25) is 14.5 Å². The summed E-state index contributed by atoms with van der Waals surface area (Å²) in [7, 11) is 0. The highest BCUT2D eigenvalue weighted by atomic mass is 16.5. The van der Waals surface area contributed by atoms with E-state index in [0.29, 0.717) is 13.2 Å². The molecule has 3 aliphatic rings. The zero-order valence-electron chi connectivity index (χ0n) is 16.1. The molecule has 146 valence electrons. The highest BCUT2D eigenvalue weighted by Crippen LogP contribution is 2.42. The minimum atomic E-state index is -0.402. The van der Waals surface area contributed by atoms with Gasteiger partial charge < -0.3 is 15.0 Å². The highest BCUT2D eigenvalue weighted by Gasteiger charge is 2.50. The van der Waals surface area contributed by atoms with Gasteiger partial charge in [0.1, 0.15) is 12.4 Å². The van der Waals surface area contributed by atoms with E-state index in [4.69, 9.17) is 4.74 Å². The molecule has 0 radical (unpaired) electrons. The van der Waals surface area contributed by atoms with Crippen molar-refractivity contribution in [3.05, 3.63) is 29.8 Å². The Hall–Kier alpha value is -2.08. The Balaban J connectivity index is 1.45. The van der Waals surface area contributed by atoms with Crippen molar-refractivity contribution in [1.29, 1.82) is 0 Å². The molecule has 1 spiro atoms. The van der Waals surface area contributed by atoms with Crippen LogP contribution < -0.4 is 10.1 Å². The van der Waals surface area contributed by atoms with Crippen LogP contribution in [0.25, 0.3) is 0 Å². The van der Waals surface area contributed by atoms with E-state index in [0.717, 1.165) is 63.2 Å². The lowest BCUT2D eigenvalue weighted by atomic mass is 9.68. The maximum Gasteiger partial charge on any atom is 0.237 e. The average Bonchev–Trinajstić information content (AvgIpc) is 2.87. The van der Waals surface area contributed by atoms with E-state index in [9.17, 15) is 9.59 Å². The van der Waals surface area contributed by atoms with Crippen LogP contribution in [0.1, 0.15) is 38.2 Å². The monoisotopic (exact) mass is 371 g/mol. The van der Waals surface area contributed by atoms with Gasteiger partial charge in [0, 0.05) is 37.8 Å². The molecule has 27 heavy (non-hydrogen) atoms. The largest absolute Gasteiger partial charge is 0.492 e. The van der Waals surface area contributed by atoms with Crippen LogP contribution in [0.5, 0.6) is 5.75 Å². The van der Waals surface area contributed by atoms with E-state index >= 15 is 0 Å². The van der Waals surface area contributed by atoms with Gasteiger partial charge in [-0.05, 0) is 38.7 Å². The summed E-state index contributed by atoms with van der Waals surface area (Å²) in [6.07, 6.45) is 3.66. The first-order valence-corrected chi connectivity index (χ1v) is 10.1. The molecule has 0 aliphatic carbocycles. The van der Waals surface area contributed by atoms with E-state index in [2.05, 4.69) is 23.2 Å². The first-order valence-electron chi connectivity index (χ1n) is 10.1. The second kappa shape index (κ2) is 7.50. The molecule has 1 N–H and O–H groups in total. The van der Waals surface area contributed by atoms with Crippen molar-refractivity contribution in [1.82, 2.24) is 15.1 Å². The number of para-hydroxylation sites is 1. The van der Waals surface area contributed by atoms with Gasteiger partial charge in [0.25, 0.3) is 0 Å². The molecule has 2 atom stereocenters.